The van der Waals surface area contributed by atoms with E-state index >= 15 is 0 Å². The molecule has 1 unspecified atom stereocenters. The molecule has 0 aromatic heterocycles. The lowest BCUT2D eigenvalue weighted by atomic mass is 10.0. The van der Waals surface area contributed by atoms with Crippen LogP contribution in [0.1, 0.15) is 24.2 Å². The number of rotatable bonds is 4. The van der Waals surface area contributed by atoms with Gasteiger partial charge in [-0.05, 0) is 46.6 Å². The van der Waals surface area contributed by atoms with E-state index in [2.05, 4.69) is 15.9 Å². The Morgan fingerprint density at radius 1 is 1.21 bits per heavy atom. The van der Waals surface area contributed by atoms with E-state index in [1.807, 2.05) is 6.92 Å². The first-order chi connectivity index (χ1) is 9.13. The second-order valence-electron chi connectivity index (χ2n) is 4.05. The first-order valence-corrected chi connectivity index (χ1v) is 6.77. The van der Waals surface area contributed by atoms with Crippen molar-refractivity contribution in [3.63, 3.8) is 0 Å². The Labute approximate surface area is 120 Å². The van der Waals surface area contributed by atoms with Gasteiger partial charge in [0.1, 0.15) is 17.7 Å². The van der Waals surface area contributed by atoms with Crippen LogP contribution in [0.4, 0.5) is 4.39 Å². The van der Waals surface area contributed by atoms with Crippen LogP contribution >= 0.6 is 15.9 Å². The fraction of sp³-hybridized carbons (Fsp3) is 0.200. The highest BCUT2D eigenvalue weighted by molar-refractivity contribution is 9.10. The Balaban J connectivity index is 2.28. The van der Waals surface area contributed by atoms with Crippen LogP contribution in [0.15, 0.2) is 46.9 Å². The first-order valence-electron chi connectivity index (χ1n) is 5.98. The minimum absolute atomic E-state index is 0.288. The van der Waals surface area contributed by atoms with Crippen molar-refractivity contribution in [3.8, 4) is 5.75 Å². The van der Waals surface area contributed by atoms with Crippen LogP contribution in [0.3, 0.4) is 0 Å². The summed E-state index contributed by atoms with van der Waals surface area (Å²) in [4.78, 5) is 0. The monoisotopic (exact) mass is 324 g/mol. The van der Waals surface area contributed by atoms with Crippen molar-refractivity contribution in [1.29, 1.82) is 0 Å². The van der Waals surface area contributed by atoms with Gasteiger partial charge >= 0.3 is 0 Å². The number of benzene rings is 2. The third-order valence-electron chi connectivity index (χ3n) is 2.78. The molecular formula is C15H14BrFO2. The van der Waals surface area contributed by atoms with Gasteiger partial charge < -0.3 is 9.84 Å². The van der Waals surface area contributed by atoms with E-state index in [-0.39, 0.29) is 10.3 Å². The van der Waals surface area contributed by atoms with Gasteiger partial charge in [-0.1, -0.05) is 24.3 Å². The molecule has 2 nitrogen and oxygen atoms in total. The van der Waals surface area contributed by atoms with Gasteiger partial charge in [-0.2, -0.15) is 0 Å². The highest BCUT2D eigenvalue weighted by atomic mass is 79.9. The average Bonchev–Trinajstić information content (AvgIpc) is 2.42. The molecule has 0 aliphatic rings. The summed E-state index contributed by atoms with van der Waals surface area (Å²) in [5.41, 5.74) is 1.19. The molecule has 100 valence electrons. The molecule has 0 spiro atoms. The van der Waals surface area contributed by atoms with Crippen LogP contribution in [0.2, 0.25) is 0 Å². The fourth-order valence-electron chi connectivity index (χ4n) is 1.82. The van der Waals surface area contributed by atoms with Crippen molar-refractivity contribution in [2.45, 2.75) is 13.0 Å². The van der Waals surface area contributed by atoms with Gasteiger partial charge in [0.15, 0.2) is 0 Å². The summed E-state index contributed by atoms with van der Waals surface area (Å²) in [5, 5.41) is 10.3. The SMILES string of the molecule is CCOc1ccc(C(O)c2cccc(F)c2Br)cc1. The molecule has 0 aliphatic heterocycles. The van der Waals surface area contributed by atoms with Crippen molar-refractivity contribution < 1.29 is 14.2 Å². The van der Waals surface area contributed by atoms with Crippen molar-refractivity contribution in [2.24, 2.45) is 0 Å². The lowest BCUT2D eigenvalue weighted by Gasteiger charge is -2.14. The van der Waals surface area contributed by atoms with E-state index in [0.717, 1.165) is 5.75 Å². The summed E-state index contributed by atoms with van der Waals surface area (Å²) < 4.78 is 19.1. The van der Waals surface area contributed by atoms with E-state index < -0.39 is 6.10 Å². The van der Waals surface area contributed by atoms with E-state index in [4.69, 9.17) is 4.74 Å². The molecule has 1 N–H and O–H groups in total. The number of hydrogen-bond acceptors (Lipinski definition) is 2. The maximum absolute atomic E-state index is 13.4. The zero-order chi connectivity index (χ0) is 13.8. The van der Waals surface area contributed by atoms with Crippen molar-refractivity contribution in [1.82, 2.24) is 0 Å². The van der Waals surface area contributed by atoms with Crippen molar-refractivity contribution in [2.75, 3.05) is 6.61 Å². The molecule has 1 atom stereocenters. The molecular weight excluding hydrogens is 311 g/mol. The molecule has 0 fully saturated rings. The molecule has 0 saturated carbocycles. The molecule has 0 radical (unpaired) electrons. The maximum atomic E-state index is 13.4. The molecule has 2 aromatic carbocycles. The van der Waals surface area contributed by atoms with E-state index in [1.54, 1.807) is 36.4 Å². The summed E-state index contributed by atoms with van der Waals surface area (Å²) in [7, 11) is 0. The molecule has 2 aromatic rings. The molecule has 2 rings (SSSR count). The third-order valence-corrected chi connectivity index (χ3v) is 3.62. The van der Waals surface area contributed by atoms with Crippen molar-refractivity contribution >= 4 is 15.9 Å². The van der Waals surface area contributed by atoms with Gasteiger partial charge in [0.25, 0.3) is 0 Å². The van der Waals surface area contributed by atoms with Gasteiger partial charge in [-0.3, -0.25) is 0 Å². The molecule has 4 heteroatoms. The zero-order valence-corrected chi connectivity index (χ0v) is 12.0. The second-order valence-corrected chi connectivity index (χ2v) is 4.84. The van der Waals surface area contributed by atoms with E-state index in [9.17, 15) is 9.50 Å². The van der Waals surface area contributed by atoms with Crippen LogP contribution in [-0.2, 0) is 0 Å². The first kappa shape index (κ1) is 14.0. The summed E-state index contributed by atoms with van der Waals surface area (Å²) in [6.45, 7) is 2.50. The normalized spacial score (nSPS) is 12.2. The minimum Gasteiger partial charge on any atom is -0.494 e. The van der Waals surface area contributed by atoms with Gasteiger partial charge in [0.2, 0.25) is 0 Å². The van der Waals surface area contributed by atoms with E-state index in [0.29, 0.717) is 17.7 Å². The molecule has 0 amide bonds. The van der Waals surface area contributed by atoms with Crippen LogP contribution < -0.4 is 4.74 Å². The fourth-order valence-corrected chi connectivity index (χ4v) is 2.31. The Morgan fingerprint density at radius 3 is 2.53 bits per heavy atom. The number of ether oxygens (including phenoxy) is 1. The summed E-state index contributed by atoms with van der Waals surface area (Å²) in [6.07, 6.45) is -0.874. The summed E-state index contributed by atoms with van der Waals surface area (Å²) in [5.74, 6) is 0.360. The predicted molar refractivity (Wildman–Crippen MR) is 75.8 cm³/mol. The minimum atomic E-state index is -0.874. The number of halogens is 2. The van der Waals surface area contributed by atoms with Crippen LogP contribution in [0, 0.1) is 5.82 Å². The maximum Gasteiger partial charge on any atom is 0.137 e. The van der Waals surface area contributed by atoms with Gasteiger partial charge in [-0.25, -0.2) is 4.39 Å². The highest BCUT2D eigenvalue weighted by Crippen LogP contribution is 2.30. The van der Waals surface area contributed by atoms with Crippen LogP contribution in [-0.4, -0.2) is 11.7 Å². The molecule has 0 aliphatic carbocycles. The zero-order valence-electron chi connectivity index (χ0n) is 10.4. The van der Waals surface area contributed by atoms with Crippen molar-refractivity contribution in [3.05, 3.63) is 63.9 Å². The number of hydrogen-bond donors (Lipinski definition) is 1. The van der Waals surface area contributed by atoms with Crippen LogP contribution in [0.25, 0.3) is 0 Å². The third kappa shape index (κ3) is 3.14. The lowest BCUT2D eigenvalue weighted by Crippen LogP contribution is -2.02. The molecule has 0 heterocycles. The Hall–Kier alpha value is -1.39. The second kappa shape index (κ2) is 6.17. The van der Waals surface area contributed by atoms with Gasteiger partial charge in [-0.15, -0.1) is 0 Å². The Bertz CT molecular complexity index is 555. The summed E-state index contributed by atoms with van der Waals surface area (Å²) >= 11 is 3.16. The number of aliphatic hydroxyl groups excluding tert-OH is 1. The standard InChI is InChI=1S/C15H14BrFO2/c1-2-19-11-8-6-10(7-9-11)15(18)12-4-3-5-13(17)14(12)16/h3-9,15,18H,2H2,1H3. The Kier molecular flexibility index (Phi) is 4.56. The number of aliphatic hydroxyl groups is 1. The highest BCUT2D eigenvalue weighted by Gasteiger charge is 2.15. The molecule has 0 saturated heterocycles. The van der Waals surface area contributed by atoms with Crippen LogP contribution in [0.5, 0.6) is 5.75 Å². The van der Waals surface area contributed by atoms with E-state index in [1.165, 1.54) is 6.07 Å². The molecule has 0 bridgehead atoms. The lowest BCUT2D eigenvalue weighted by molar-refractivity contribution is 0.218. The smallest absolute Gasteiger partial charge is 0.137 e. The topological polar surface area (TPSA) is 29.5 Å². The largest absolute Gasteiger partial charge is 0.494 e. The Morgan fingerprint density at radius 2 is 1.89 bits per heavy atom. The quantitative estimate of drug-likeness (QED) is 0.918. The average molecular weight is 325 g/mol. The molecule has 19 heavy (non-hydrogen) atoms. The predicted octanol–water partition coefficient (Wildman–Crippen LogP) is 4.07. The summed E-state index contributed by atoms with van der Waals surface area (Å²) in [6, 6.07) is 11.7. The van der Waals surface area contributed by atoms with Gasteiger partial charge in [0, 0.05) is 5.56 Å². The van der Waals surface area contributed by atoms with Gasteiger partial charge in [0.05, 0.1) is 11.1 Å².